The van der Waals surface area contributed by atoms with Gasteiger partial charge in [0.25, 0.3) is 0 Å². The van der Waals surface area contributed by atoms with Crippen LogP contribution in [0, 0.1) is 5.92 Å². The predicted molar refractivity (Wildman–Crippen MR) is 194 cm³/mol. The lowest BCUT2D eigenvalue weighted by atomic mass is 9.92. The van der Waals surface area contributed by atoms with E-state index in [-0.39, 0.29) is 24.9 Å². The second-order valence-electron chi connectivity index (χ2n) is 13.2. The van der Waals surface area contributed by atoms with Gasteiger partial charge >= 0.3 is 12.2 Å². The number of likely N-dealkylation sites (N-methyl/N-ethyl adjacent to an activating group) is 1. The number of rotatable bonds is 15. The molecule has 262 valence electrons. The van der Waals surface area contributed by atoms with Crippen molar-refractivity contribution in [1.29, 1.82) is 0 Å². The molecule has 4 N–H and O–H groups in total. The van der Waals surface area contributed by atoms with Gasteiger partial charge in [0, 0.05) is 19.0 Å². The summed E-state index contributed by atoms with van der Waals surface area (Å²) >= 11 is 0. The quantitative estimate of drug-likeness (QED) is 0.112. The van der Waals surface area contributed by atoms with Gasteiger partial charge in [0.05, 0.1) is 12.1 Å². The zero-order valence-corrected chi connectivity index (χ0v) is 28.9. The molecular formula is C41H47N3O6. The van der Waals surface area contributed by atoms with Crippen LogP contribution in [0.3, 0.4) is 0 Å². The summed E-state index contributed by atoms with van der Waals surface area (Å²) in [6.45, 7) is 3.89. The van der Waals surface area contributed by atoms with E-state index in [1.54, 1.807) is 0 Å². The highest BCUT2D eigenvalue weighted by molar-refractivity contribution is 5.85. The number of carbonyl (C=O) groups is 3. The summed E-state index contributed by atoms with van der Waals surface area (Å²) in [6.07, 6.45) is -1.48. The van der Waals surface area contributed by atoms with Crippen molar-refractivity contribution in [3.63, 3.8) is 0 Å². The van der Waals surface area contributed by atoms with Crippen LogP contribution in [-0.4, -0.2) is 71.1 Å². The van der Waals surface area contributed by atoms with E-state index in [0.717, 1.165) is 38.3 Å². The molecule has 0 bridgehead atoms. The Labute approximate surface area is 294 Å². The number of hydrogen-bond donors (Lipinski definition) is 4. The Morgan fingerprint density at radius 1 is 0.780 bits per heavy atom. The lowest BCUT2D eigenvalue weighted by Gasteiger charge is -2.33. The van der Waals surface area contributed by atoms with E-state index in [4.69, 9.17) is 4.74 Å². The highest BCUT2D eigenvalue weighted by Gasteiger charge is 2.34. The highest BCUT2D eigenvalue weighted by Crippen LogP contribution is 2.44. The maximum atomic E-state index is 13.7. The van der Waals surface area contributed by atoms with Crippen LogP contribution in [0.1, 0.15) is 54.9 Å². The zero-order chi connectivity index (χ0) is 35.6. The van der Waals surface area contributed by atoms with E-state index >= 15 is 0 Å². The Morgan fingerprint density at radius 2 is 1.30 bits per heavy atom. The molecule has 0 radical (unpaired) electrons. The molecule has 0 aliphatic heterocycles. The van der Waals surface area contributed by atoms with Crippen LogP contribution in [0.2, 0.25) is 0 Å². The fourth-order valence-corrected chi connectivity index (χ4v) is 6.94. The molecule has 0 saturated heterocycles. The molecule has 9 nitrogen and oxygen atoms in total. The minimum atomic E-state index is -1.19. The molecule has 0 aromatic heterocycles. The first-order valence-corrected chi connectivity index (χ1v) is 17.3. The van der Waals surface area contributed by atoms with Crippen LogP contribution in [-0.2, 0) is 22.4 Å². The maximum Gasteiger partial charge on any atom is 0.407 e. The molecule has 4 aromatic carbocycles. The predicted octanol–water partition coefficient (Wildman–Crippen LogP) is 6.64. The molecule has 3 amide bonds. The number of nitrogens with one attached hydrogen (secondary N) is 2. The SMILES string of the molecule is CC[C@H](C)[C@@H](C(=O)N[C@@H](Cc1ccccc1)C[C@H](O)[C@H](Cc1ccccc1)NC(=O)OCC1c2ccccc2-c2ccccc21)N(C)C(=O)O. The van der Waals surface area contributed by atoms with Crippen LogP contribution >= 0.6 is 0 Å². The number of nitrogens with zero attached hydrogens (tertiary/aromatic N) is 1. The Morgan fingerprint density at radius 3 is 1.84 bits per heavy atom. The van der Waals surface area contributed by atoms with Gasteiger partial charge in [-0.3, -0.25) is 9.69 Å². The van der Waals surface area contributed by atoms with Gasteiger partial charge in [0.15, 0.2) is 0 Å². The molecule has 1 aliphatic carbocycles. The lowest BCUT2D eigenvalue weighted by molar-refractivity contribution is -0.128. The van der Waals surface area contributed by atoms with E-state index < -0.39 is 42.3 Å². The molecule has 0 fully saturated rings. The van der Waals surface area contributed by atoms with E-state index in [1.807, 2.05) is 98.8 Å². The number of hydrogen-bond acceptors (Lipinski definition) is 5. The van der Waals surface area contributed by atoms with Gasteiger partial charge < -0.3 is 25.6 Å². The second-order valence-corrected chi connectivity index (χ2v) is 13.2. The molecule has 50 heavy (non-hydrogen) atoms. The number of alkyl carbamates (subject to hydrolysis) is 1. The molecule has 5 atom stereocenters. The minimum Gasteiger partial charge on any atom is -0.465 e. The van der Waals surface area contributed by atoms with Crippen molar-refractivity contribution >= 4 is 18.1 Å². The number of ether oxygens (including phenoxy) is 1. The first-order valence-electron chi connectivity index (χ1n) is 17.3. The van der Waals surface area contributed by atoms with Gasteiger partial charge in [-0.2, -0.15) is 0 Å². The molecule has 9 heteroatoms. The van der Waals surface area contributed by atoms with Crippen LogP contribution < -0.4 is 10.6 Å². The number of fused-ring (bicyclic) bond motifs is 3. The molecule has 0 saturated carbocycles. The summed E-state index contributed by atoms with van der Waals surface area (Å²) in [5.74, 6) is -0.778. The number of aliphatic hydroxyl groups is 1. The summed E-state index contributed by atoms with van der Waals surface area (Å²) in [6, 6.07) is 33.2. The fourth-order valence-electron chi connectivity index (χ4n) is 6.94. The first-order chi connectivity index (χ1) is 24.2. The summed E-state index contributed by atoms with van der Waals surface area (Å²) < 4.78 is 5.85. The van der Waals surface area contributed by atoms with Crippen molar-refractivity contribution < 1.29 is 29.3 Å². The van der Waals surface area contributed by atoms with E-state index in [0.29, 0.717) is 19.3 Å². The third kappa shape index (κ3) is 8.90. The Hall–Kier alpha value is -5.15. The number of amides is 3. The van der Waals surface area contributed by atoms with Crippen LogP contribution in [0.5, 0.6) is 0 Å². The number of carboxylic acid groups (broad SMARTS) is 1. The van der Waals surface area contributed by atoms with Crippen LogP contribution in [0.4, 0.5) is 9.59 Å². The number of carbonyl (C=O) groups excluding carboxylic acids is 2. The van der Waals surface area contributed by atoms with Gasteiger partial charge in [-0.15, -0.1) is 0 Å². The maximum absolute atomic E-state index is 13.7. The molecule has 0 heterocycles. The molecule has 0 unspecified atom stereocenters. The normalized spacial score (nSPS) is 15.0. The Balaban J connectivity index is 1.33. The van der Waals surface area contributed by atoms with Crippen LogP contribution in [0.25, 0.3) is 11.1 Å². The molecule has 4 aromatic rings. The van der Waals surface area contributed by atoms with Gasteiger partial charge in [-0.1, -0.05) is 129 Å². The molecule has 0 spiro atoms. The topological polar surface area (TPSA) is 128 Å². The Kier molecular flexibility index (Phi) is 12.3. The highest BCUT2D eigenvalue weighted by atomic mass is 16.5. The van der Waals surface area contributed by atoms with E-state index in [9.17, 15) is 24.6 Å². The second kappa shape index (κ2) is 17.0. The van der Waals surface area contributed by atoms with E-state index in [2.05, 4.69) is 34.9 Å². The van der Waals surface area contributed by atoms with Crippen molar-refractivity contribution in [2.24, 2.45) is 5.92 Å². The Bertz CT molecular complexity index is 1690. The van der Waals surface area contributed by atoms with Gasteiger partial charge in [-0.05, 0) is 58.6 Å². The van der Waals surface area contributed by atoms with Crippen molar-refractivity contribution in [3.05, 3.63) is 131 Å². The smallest absolute Gasteiger partial charge is 0.407 e. The van der Waals surface area contributed by atoms with Crippen molar-refractivity contribution in [3.8, 4) is 11.1 Å². The van der Waals surface area contributed by atoms with Gasteiger partial charge in [0.2, 0.25) is 5.91 Å². The molecule has 1 aliphatic rings. The molecular weight excluding hydrogens is 630 g/mol. The van der Waals surface area contributed by atoms with Crippen molar-refractivity contribution in [2.75, 3.05) is 13.7 Å². The largest absolute Gasteiger partial charge is 0.465 e. The first kappa shape index (κ1) is 36.1. The van der Waals surface area contributed by atoms with E-state index in [1.165, 1.54) is 7.05 Å². The summed E-state index contributed by atoms with van der Waals surface area (Å²) in [4.78, 5) is 40.1. The standard InChI is InChI=1S/C41H47N3O6/c1-4-27(2)38(44(3)41(48)49)39(46)42-30(23-28-15-7-5-8-16-28)25-37(45)36(24-29-17-9-6-10-18-29)43-40(47)50-26-35-33-21-13-11-19-31(33)32-20-12-14-22-34(32)35/h5-22,27,30,35-38,45H,4,23-26H2,1-3H3,(H,42,46)(H,43,47)(H,48,49)/t27-,30-,36-,37-,38-/m0/s1. The third-order valence-electron chi connectivity index (χ3n) is 9.78. The number of benzene rings is 4. The average Bonchev–Trinajstić information content (AvgIpc) is 3.44. The zero-order valence-electron chi connectivity index (χ0n) is 28.9. The molecule has 5 rings (SSSR count). The third-order valence-corrected chi connectivity index (χ3v) is 9.78. The average molecular weight is 678 g/mol. The van der Waals surface area contributed by atoms with Gasteiger partial charge in [0.1, 0.15) is 12.6 Å². The fraction of sp³-hybridized carbons (Fsp3) is 0.341. The van der Waals surface area contributed by atoms with Gasteiger partial charge in [-0.25, -0.2) is 9.59 Å². The summed E-state index contributed by atoms with van der Waals surface area (Å²) in [7, 11) is 1.40. The lowest BCUT2D eigenvalue weighted by Crippen LogP contribution is -2.54. The van der Waals surface area contributed by atoms with Crippen LogP contribution in [0.15, 0.2) is 109 Å². The van der Waals surface area contributed by atoms with Crippen molar-refractivity contribution in [1.82, 2.24) is 15.5 Å². The summed E-state index contributed by atoms with van der Waals surface area (Å²) in [5, 5.41) is 27.5. The summed E-state index contributed by atoms with van der Waals surface area (Å²) in [5.41, 5.74) is 6.33. The number of aliphatic hydroxyl groups excluding tert-OH is 1. The monoisotopic (exact) mass is 677 g/mol. The minimum absolute atomic E-state index is 0.103. The van der Waals surface area contributed by atoms with Crippen molar-refractivity contribution in [2.45, 2.75) is 69.7 Å².